The van der Waals surface area contributed by atoms with Crippen LogP contribution in [-0.4, -0.2) is 37.3 Å². The first-order chi connectivity index (χ1) is 13.5. The number of rotatable bonds is 9. The number of hydrogen-bond acceptors (Lipinski definition) is 4. The van der Waals surface area contributed by atoms with E-state index < -0.39 is 0 Å². The molecule has 0 saturated carbocycles. The van der Waals surface area contributed by atoms with Gasteiger partial charge in [-0.3, -0.25) is 4.79 Å². The molecule has 0 aliphatic carbocycles. The summed E-state index contributed by atoms with van der Waals surface area (Å²) < 4.78 is 11.4. The number of ether oxygens (including phenoxy) is 2. The Balaban J connectivity index is 2.07. The molecule has 2 rings (SSSR count). The number of likely N-dealkylation sites (N-methyl/N-ethyl adjacent to an activating group) is 1. The molecule has 0 bridgehead atoms. The van der Waals surface area contributed by atoms with E-state index in [1.165, 1.54) is 0 Å². The third-order valence-electron chi connectivity index (χ3n) is 4.47. The average molecular weight is 400 g/mol. The van der Waals surface area contributed by atoms with Gasteiger partial charge in [0.1, 0.15) is 11.5 Å². The molecule has 0 aliphatic heterocycles. The average Bonchev–Trinajstić information content (AvgIpc) is 2.72. The summed E-state index contributed by atoms with van der Waals surface area (Å²) >= 11 is 1.64. The smallest absolute Gasteiger partial charge is 0.246 e. The first-order valence-corrected chi connectivity index (χ1v) is 10.6. The molecule has 5 heteroatoms. The summed E-state index contributed by atoms with van der Waals surface area (Å²) in [5, 5.41) is 0. The van der Waals surface area contributed by atoms with Crippen LogP contribution in [0.15, 0.2) is 53.4 Å². The first-order valence-electron chi connectivity index (χ1n) is 9.38. The fourth-order valence-corrected chi connectivity index (χ4v) is 3.19. The molecular formula is C23H29NO3S. The summed E-state index contributed by atoms with van der Waals surface area (Å²) in [5.41, 5.74) is 1.93. The van der Waals surface area contributed by atoms with Gasteiger partial charge in [-0.25, -0.2) is 0 Å². The molecule has 150 valence electrons. The van der Waals surface area contributed by atoms with Crippen LogP contribution >= 0.6 is 11.8 Å². The van der Waals surface area contributed by atoms with Crippen LogP contribution in [0.2, 0.25) is 0 Å². The molecule has 0 saturated heterocycles. The maximum absolute atomic E-state index is 12.6. The highest BCUT2D eigenvalue weighted by molar-refractivity contribution is 7.98. The highest BCUT2D eigenvalue weighted by Crippen LogP contribution is 2.28. The number of nitrogens with zero attached hydrogens (tertiary/aromatic N) is 1. The minimum absolute atomic E-state index is 0.0637. The SMILES string of the molecule is CCC(C)Oc1ccccc1C=CC(=O)N(C)Cc1ccc(SC)c(OC)c1. The summed E-state index contributed by atoms with van der Waals surface area (Å²) in [5.74, 6) is 1.56. The molecule has 28 heavy (non-hydrogen) atoms. The Morgan fingerprint density at radius 2 is 1.96 bits per heavy atom. The third kappa shape index (κ3) is 6.06. The van der Waals surface area contributed by atoms with Crippen molar-refractivity contribution >= 4 is 23.7 Å². The Labute approximate surface area is 172 Å². The van der Waals surface area contributed by atoms with Crippen LogP contribution in [0, 0.1) is 0 Å². The van der Waals surface area contributed by atoms with Gasteiger partial charge in [-0.2, -0.15) is 0 Å². The molecule has 0 aliphatic rings. The number of carbonyl (C=O) groups excluding carboxylic acids is 1. The van der Waals surface area contributed by atoms with Gasteiger partial charge in [0.25, 0.3) is 0 Å². The Morgan fingerprint density at radius 1 is 1.21 bits per heavy atom. The molecule has 0 aromatic heterocycles. The predicted octanol–water partition coefficient (Wildman–Crippen LogP) is 5.27. The lowest BCUT2D eigenvalue weighted by Gasteiger charge is -2.17. The third-order valence-corrected chi connectivity index (χ3v) is 5.25. The van der Waals surface area contributed by atoms with Gasteiger partial charge in [0, 0.05) is 30.1 Å². The highest BCUT2D eigenvalue weighted by atomic mass is 32.2. The molecular weight excluding hydrogens is 370 g/mol. The Kier molecular flexibility index (Phi) is 8.45. The molecule has 4 nitrogen and oxygen atoms in total. The molecule has 0 N–H and O–H groups in total. The van der Waals surface area contributed by atoms with Crippen LogP contribution in [0.3, 0.4) is 0 Å². The Hall–Kier alpha value is -2.40. The van der Waals surface area contributed by atoms with Gasteiger partial charge in [0.2, 0.25) is 5.91 Å². The van der Waals surface area contributed by atoms with Crippen LogP contribution in [0.4, 0.5) is 0 Å². The second-order valence-electron chi connectivity index (χ2n) is 6.59. The van der Waals surface area contributed by atoms with Crippen molar-refractivity contribution in [2.45, 2.75) is 37.8 Å². The minimum Gasteiger partial charge on any atom is -0.496 e. The molecule has 0 fully saturated rings. The molecule has 1 unspecified atom stereocenters. The number of benzene rings is 2. The van der Waals surface area contributed by atoms with E-state index >= 15 is 0 Å². The van der Waals surface area contributed by atoms with Crippen LogP contribution in [-0.2, 0) is 11.3 Å². The molecule has 1 amide bonds. The Bertz CT molecular complexity index is 819. The fourth-order valence-electron chi connectivity index (χ4n) is 2.64. The molecule has 0 spiro atoms. The second-order valence-corrected chi connectivity index (χ2v) is 7.44. The predicted molar refractivity (Wildman–Crippen MR) is 117 cm³/mol. The van der Waals surface area contributed by atoms with Crippen molar-refractivity contribution < 1.29 is 14.3 Å². The summed E-state index contributed by atoms with van der Waals surface area (Å²) in [4.78, 5) is 15.3. The topological polar surface area (TPSA) is 38.8 Å². The van der Waals surface area contributed by atoms with Gasteiger partial charge in [-0.05, 0) is 49.4 Å². The fraction of sp³-hybridized carbons (Fsp3) is 0.348. The van der Waals surface area contributed by atoms with E-state index in [1.54, 1.807) is 36.9 Å². The Morgan fingerprint density at radius 3 is 2.64 bits per heavy atom. The molecule has 2 aromatic carbocycles. The van der Waals surface area contributed by atoms with Gasteiger partial charge in [0.15, 0.2) is 0 Å². The van der Waals surface area contributed by atoms with Gasteiger partial charge < -0.3 is 14.4 Å². The summed E-state index contributed by atoms with van der Waals surface area (Å²) in [7, 11) is 3.46. The summed E-state index contributed by atoms with van der Waals surface area (Å²) in [6, 6.07) is 13.8. The molecule has 1 atom stereocenters. The zero-order valence-corrected chi connectivity index (χ0v) is 18.1. The number of hydrogen-bond donors (Lipinski definition) is 0. The number of thioether (sulfide) groups is 1. The quantitative estimate of drug-likeness (QED) is 0.425. The highest BCUT2D eigenvalue weighted by Gasteiger charge is 2.10. The number of amides is 1. The number of carbonyl (C=O) groups is 1. The van der Waals surface area contributed by atoms with E-state index in [0.29, 0.717) is 6.54 Å². The van der Waals surface area contributed by atoms with E-state index in [-0.39, 0.29) is 12.0 Å². The maximum Gasteiger partial charge on any atom is 0.246 e. The second kappa shape index (κ2) is 10.8. The van der Waals surface area contributed by atoms with Crippen LogP contribution in [0.1, 0.15) is 31.4 Å². The largest absolute Gasteiger partial charge is 0.496 e. The number of methoxy groups -OCH3 is 1. The van der Waals surface area contributed by atoms with Gasteiger partial charge in [0.05, 0.1) is 13.2 Å². The van der Waals surface area contributed by atoms with E-state index in [9.17, 15) is 4.79 Å². The zero-order valence-electron chi connectivity index (χ0n) is 17.3. The van der Waals surface area contributed by atoms with Crippen molar-refractivity contribution in [2.75, 3.05) is 20.4 Å². The lowest BCUT2D eigenvalue weighted by Crippen LogP contribution is -2.24. The van der Waals surface area contributed by atoms with Crippen molar-refractivity contribution in [1.82, 2.24) is 4.90 Å². The van der Waals surface area contributed by atoms with Crippen LogP contribution in [0.25, 0.3) is 6.08 Å². The van der Waals surface area contributed by atoms with Crippen molar-refractivity contribution in [1.29, 1.82) is 0 Å². The van der Waals surface area contributed by atoms with Crippen molar-refractivity contribution in [3.63, 3.8) is 0 Å². The normalized spacial score (nSPS) is 12.0. The molecule has 0 heterocycles. The van der Waals surface area contributed by atoms with Crippen LogP contribution in [0.5, 0.6) is 11.5 Å². The van der Waals surface area contributed by atoms with Gasteiger partial charge in [-0.1, -0.05) is 31.2 Å². The van der Waals surface area contributed by atoms with E-state index in [4.69, 9.17) is 9.47 Å². The van der Waals surface area contributed by atoms with Crippen molar-refractivity contribution in [2.24, 2.45) is 0 Å². The minimum atomic E-state index is -0.0637. The lowest BCUT2D eigenvalue weighted by molar-refractivity contribution is -0.125. The van der Waals surface area contributed by atoms with Crippen molar-refractivity contribution in [3.05, 3.63) is 59.7 Å². The first kappa shape index (κ1) is 21.9. The van der Waals surface area contributed by atoms with Crippen LogP contribution < -0.4 is 9.47 Å². The van der Waals surface area contributed by atoms with Crippen molar-refractivity contribution in [3.8, 4) is 11.5 Å². The monoisotopic (exact) mass is 399 g/mol. The lowest BCUT2D eigenvalue weighted by atomic mass is 10.1. The number of para-hydroxylation sites is 1. The summed E-state index contributed by atoms with van der Waals surface area (Å²) in [6.45, 7) is 4.64. The van der Waals surface area contributed by atoms with E-state index in [1.807, 2.05) is 61.7 Å². The summed E-state index contributed by atoms with van der Waals surface area (Å²) in [6.07, 6.45) is 6.48. The van der Waals surface area contributed by atoms with E-state index in [0.717, 1.165) is 33.9 Å². The zero-order chi connectivity index (χ0) is 20.5. The van der Waals surface area contributed by atoms with Gasteiger partial charge >= 0.3 is 0 Å². The standard InChI is InChI=1S/C23H29NO3S/c1-6-17(2)27-20-10-8-7-9-19(20)12-14-23(25)24(3)16-18-11-13-22(28-5)21(15-18)26-4/h7-15,17H,6,16H2,1-5H3. The van der Waals surface area contributed by atoms with E-state index in [2.05, 4.69) is 6.92 Å². The maximum atomic E-state index is 12.6. The van der Waals surface area contributed by atoms with Gasteiger partial charge in [-0.15, -0.1) is 11.8 Å². The molecule has 0 radical (unpaired) electrons. The molecule has 2 aromatic rings.